The van der Waals surface area contributed by atoms with E-state index in [0.29, 0.717) is 12.1 Å². The van der Waals surface area contributed by atoms with Gasteiger partial charge in [-0.15, -0.1) is 0 Å². The van der Waals surface area contributed by atoms with E-state index in [0.717, 1.165) is 65.1 Å². The van der Waals surface area contributed by atoms with Gasteiger partial charge in [0.1, 0.15) is 11.6 Å². The summed E-state index contributed by atoms with van der Waals surface area (Å²) in [5.74, 6) is 1.54. The summed E-state index contributed by atoms with van der Waals surface area (Å²) in [6.45, 7) is 3.73. The quantitative estimate of drug-likeness (QED) is 0.699. The lowest BCUT2D eigenvalue weighted by atomic mass is 9.92. The number of aliphatic hydroxyl groups is 1. The fraction of sp³-hybridized carbons (Fsp3) is 0.524. The second-order valence-electron chi connectivity index (χ2n) is 7.70. The number of imidazole rings is 1. The van der Waals surface area contributed by atoms with Crippen LogP contribution in [0, 0.1) is 13.8 Å². The van der Waals surface area contributed by atoms with Gasteiger partial charge >= 0.3 is 0 Å². The average molecular weight is 384 g/mol. The summed E-state index contributed by atoms with van der Waals surface area (Å²) in [5.41, 5.74) is 11.0. The lowest BCUT2D eigenvalue weighted by Gasteiger charge is -2.30. The standard InChI is InChI=1S/C21H28N4O3/c1-12-20(13(2)28-24-12)14-4-9-19-18(10-14)23-21(17(22)11-26)25(19)15-5-7-16(27-3)8-6-15/h4,9-10,15-17,26H,5-8,11,22H2,1-3H3/t15-,16-,17-/m1/s1. The fourth-order valence-electron chi connectivity index (χ4n) is 4.43. The van der Waals surface area contributed by atoms with Crippen LogP contribution in [0.4, 0.5) is 0 Å². The normalized spacial score (nSPS) is 21.3. The molecule has 0 spiro atoms. The van der Waals surface area contributed by atoms with Gasteiger partial charge in [0.15, 0.2) is 0 Å². The van der Waals surface area contributed by atoms with Gasteiger partial charge in [-0.25, -0.2) is 4.98 Å². The minimum absolute atomic E-state index is 0.131. The number of nitrogens with zero attached hydrogens (tertiary/aromatic N) is 3. The van der Waals surface area contributed by atoms with Crippen molar-refractivity contribution in [3.63, 3.8) is 0 Å². The maximum atomic E-state index is 9.67. The highest BCUT2D eigenvalue weighted by atomic mass is 16.5. The van der Waals surface area contributed by atoms with Gasteiger partial charge in [0.25, 0.3) is 0 Å². The molecule has 0 bridgehead atoms. The number of aryl methyl sites for hydroxylation is 2. The second kappa shape index (κ2) is 7.66. The number of ether oxygens (including phenoxy) is 1. The minimum atomic E-state index is -0.505. The van der Waals surface area contributed by atoms with E-state index in [-0.39, 0.29) is 6.61 Å². The molecule has 150 valence electrons. The van der Waals surface area contributed by atoms with E-state index in [2.05, 4.69) is 27.9 Å². The zero-order valence-electron chi connectivity index (χ0n) is 16.7. The number of aromatic nitrogens is 3. The zero-order chi connectivity index (χ0) is 19.8. The molecular weight excluding hydrogens is 356 g/mol. The Bertz CT molecular complexity index is 950. The van der Waals surface area contributed by atoms with Gasteiger partial charge in [-0.3, -0.25) is 0 Å². The number of fused-ring (bicyclic) bond motifs is 1. The van der Waals surface area contributed by atoms with Gasteiger partial charge < -0.3 is 24.7 Å². The van der Waals surface area contributed by atoms with E-state index < -0.39 is 6.04 Å². The summed E-state index contributed by atoms with van der Waals surface area (Å²) in [6, 6.07) is 6.05. The first-order valence-electron chi connectivity index (χ1n) is 9.87. The van der Waals surface area contributed by atoms with E-state index >= 15 is 0 Å². The Morgan fingerprint density at radius 3 is 2.64 bits per heavy atom. The Morgan fingerprint density at radius 2 is 2.04 bits per heavy atom. The molecule has 4 rings (SSSR count). The molecular formula is C21H28N4O3. The third-order valence-corrected chi connectivity index (χ3v) is 5.91. The summed E-state index contributed by atoms with van der Waals surface area (Å²) >= 11 is 0. The van der Waals surface area contributed by atoms with E-state index in [1.807, 2.05) is 13.8 Å². The smallest absolute Gasteiger partial charge is 0.141 e. The largest absolute Gasteiger partial charge is 0.394 e. The first-order valence-corrected chi connectivity index (χ1v) is 9.87. The van der Waals surface area contributed by atoms with Crippen molar-refractivity contribution in [1.29, 1.82) is 0 Å². The molecule has 7 nitrogen and oxygen atoms in total. The fourth-order valence-corrected chi connectivity index (χ4v) is 4.43. The molecule has 3 N–H and O–H groups in total. The summed E-state index contributed by atoms with van der Waals surface area (Å²) in [6.07, 6.45) is 4.39. The molecule has 0 saturated heterocycles. The van der Waals surface area contributed by atoms with Crippen molar-refractivity contribution in [2.24, 2.45) is 5.73 Å². The molecule has 1 aromatic carbocycles. The Hall–Kier alpha value is -2.22. The number of benzene rings is 1. The summed E-state index contributed by atoms with van der Waals surface area (Å²) in [7, 11) is 1.78. The molecule has 3 aromatic rings. The molecule has 1 fully saturated rings. The highest BCUT2D eigenvalue weighted by molar-refractivity contribution is 5.83. The average Bonchev–Trinajstić information content (AvgIpc) is 3.26. The van der Waals surface area contributed by atoms with Crippen LogP contribution in [0.25, 0.3) is 22.2 Å². The number of rotatable bonds is 5. The van der Waals surface area contributed by atoms with Gasteiger partial charge in [-0.1, -0.05) is 11.2 Å². The molecule has 0 radical (unpaired) electrons. The van der Waals surface area contributed by atoms with Crippen LogP contribution in [0.1, 0.15) is 55.0 Å². The van der Waals surface area contributed by atoms with Gasteiger partial charge in [0.05, 0.1) is 35.5 Å². The predicted octanol–water partition coefficient (Wildman–Crippen LogP) is 3.43. The topological polar surface area (TPSA) is 99.3 Å². The molecule has 1 atom stereocenters. The van der Waals surface area contributed by atoms with E-state index in [1.165, 1.54) is 0 Å². The van der Waals surface area contributed by atoms with Gasteiger partial charge in [0, 0.05) is 18.7 Å². The Balaban J connectivity index is 1.79. The van der Waals surface area contributed by atoms with Gasteiger partial charge in [-0.05, 0) is 57.2 Å². The molecule has 1 aliphatic rings. The second-order valence-corrected chi connectivity index (χ2v) is 7.70. The van der Waals surface area contributed by atoms with Crippen molar-refractivity contribution < 1.29 is 14.4 Å². The molecule has 2 aromatic heterocycles. The van der Waals surface area contributed by atoms with Crippen molar-refractivity contribution in [3.8, 4) is 11.1 Å². The molecule has 1 saturated carbocycles. The maximum absolute atomic E-state index is 9.67. The zero-order valence-corrected chi connectivity index (χ0v) is 16.7. The van der Waals surface area contributed by atoms with Crippen LogP contribution in [0.2, 0.25) is 0 Å². The van der Waals surface area contributed by atoms with Crippen LogP contribution in [-0.2, 0) is 4.74 Å². The van der Waals surface area contributed by atoms with E-state index in [9.17, 15) is 5.11 Å². The Labute approximate surface area is 164 Å². The number of methoxy groups -OCH3 is 1. The lowest BCUT2D eigenvalue weighted by molar-refractivity contribution is 0.0583. The number of hydrogen-bond donors (Lipinski definition) is 2. The molecule has 0 aliphatic heterocycles. The van der Waals surface area contributed by atoms with Crippen LogP contribution in [-0.4, -0.2) is 39.6 Å². The molecule has 2 heterocycles. The Kier molecular flexibility index (Phi) is 5.23. The van der Waals surface area contributed by atoms with Crippen LogP contribution in [0.15, 0.2) is 22.7 Å². The van der Waals surface area contributed by atoms with Crippen molar-refractivity contribution >= 4 is 11.0 Å². The van der Waals surface area contributed by atoms with Crippen LogP contribution >= 0.6 is 0 Å². The highest BCUT2D eigenvalue weighted by Crippen LogP contribution is 2.36. The molecule has 7 heteroatoms. The number of nitrogens with two attached hydrogens (primary N) is 1. The highest BCUT2D eigenvalue weighted by Gasteiger charge is 2.27. The summed E-state index contributed by atoms with van der Waals surface area (Å²) in [4.78, 5) is 4.82. The summed E-state index contributed by atoms with van der Waals surface area (Å²) < 4.78 is 13.1. The first kappa shape index (κ1) is 19.1. The molecule has 0 unspecified atom stereocenters. The van der Waals surface area contributed by atoms with Gasteiger partial charge in [-0.2, -0.15) is 0 Å². The van der Waals surface area contributed by atoms with Crippen molar-refractivity contribution in [1.82, 2.24) is 14.7 Å². The Morgan fingerprint density at radius 1 is 1.29 bits per heavy atom. The number of hydrogen-bond acceptors (Lipinski definition) is 6. The van der Waals surface area contributed by atoms with E-state index in [4.69, 9.17) is 20.0 Å². The van der Waals surface area contributed by atoms with Gasteiger partial charge in [0.2, 0.25) is 0 Å². The monoisotopic (exact) mass is 384 g/mol. The molecule has 28 heavy (non-hydrogen) atoms. The minimum Gasteiger partial charge on any atom is -0.394 e. The SMILES string of the molecule is CO[C@H]1CC[C@H](n2c([C@H](N)CO)nc3cc(-c4c(C)noc4C)ccc32)CC1. The van der Waals surface area contributed by atoms with E-state index in [1.54, 1.807) is 7.11 Å². The van der Waals surface area contributed by atoms with Crippen molar-refractivity contribution in [2.75, 3.05) is 13.7 Å². The molecule has 0 amide bonds. The third-order valence-electron chi connectivity index (χ3n) is 5.91. The maximum Gasteiger partial charge on any atom is 0.141 e. The van der Waals surface area contributed by atoms with Crippen LogP contribution in [0.5, 0.6) is 0 Å². The van der Waals surface area contributed by atoms with Crippen LogP contribution < -0.4 is 5.73 Å². The summed E-state index contributed by atoms with van der Waals surface area (Å²) in [5, 5.41) is 13.7. The number of aliphatic hydroxyl groups excluding tert-OH is 1. The first-order chi connectivity index (χ1) is 13.5. The predicted molar refractivity (Wildman–Crippen MR) is 107 cm³/mol. The van der Waals surface area contributed by atoms with Crippen molar-refractivity contribution in [3.05, 3.63) is 35.5 Å². The van der Waals surface area contributed by atoms with Crippen LogP contribution in [0.3, 0.4) is 0 Å². The van der Waals surface area contributed by atoms with Crippen molar-refractivity contribution in [2.45, 2.75) is 57.7 Å². The lowest BCUT2D eigenvalue weighted by Crippen LogP contribution is -2.27. The molecule has 1 aliphatic carbocycles. The third kappa shape index (κ3) is 3.23.